The van der Waals surface area contributed by atoms with E-state index in [1.807, 2.05) is 33.0 Å². The van der Waals surface area contributed by atoms with E-state index in [1.165, 1.54) is 0 Å². The number of methoxy groups -OCH3 is 1. The summed E-state index contributed by atoms with van der Waals surface area (Å²) in [5.41, 5.74) is 1.76. The Morgan fingerprint density at radius 3 is 2.95 bits per heavy atom. The molecule has 3 rings (SSSR count). The Morgan fingerprint density at radius 2 is 2.18 bits per heavy atom. The molecule has 3 aromatic rings. The van der Waals surface area contributed by atoms with Crippen molar-refractivity contribution in [3.8, 4) is 0 Å². The quantitative estimate of drug-likeness (QED) is 0.718. The van der Waals surface area contributed by atoms with Crippen molar-refractivity contribution < 1.29 is 4.74 Å². The first kappa shape index (κ1) is 14.9. The van der Waals surface area contributed by atoms with Crippen LogP contribution in [0.3, 0.4) is 0 Å². The fourth-order valence-corrected chi connectivity index (χ4v) is 2.94. The van der Waals surface area contributed by atoms with E-state index in [-0.39, 0.29) is 6.10 Å². The molecule has 0 aromatic carbocycles. The van der Waals surface area contributed by atoms with Gasteiger partial charge in [0, 0.05) is 19.5 Å². The Balaban J connectivity index is 1.79. The molecule has 0 amide bonds. The van der Waals surface area contributed by atoms with E-state index in [0.29, 0.717) is 6.54 Å². The molecule has 3 heterocycles. The Labute approximate surface area is 132 Å². The van der Waals surface area contributed by atoms with Gasteiger partial charge in [-0.25, -0.2) is 4.98 Å². The summed E-state index contributed by atoms with van der Waals surface area (Å²) < 4.78 is 7.04. The number of nitrogens with zero attached hydrogens (tertiary/aromatic N) is 6. The molecule has 0 saturated heterocycles. The molecule has 0 spiro atoms. The molecule has 0 bridgehead atoms. The fourth-order valence-electron chi connectivity index (χ4n) is 2.10. The molecular formula is C14H18N6OS. The zero-order chi connectivity index (χ0) is 15.7. The molecule has 1 unspecified atom stereocenters. The number of hydrogen-bond acceptors (Lipinski definition) is 7. The monoisotopic (exact) mass is 318 g/mol. The van der Waals surface area contributed by atoms with Gasteiger partial charge in [-0.05, 0) is 26.0 Å². The highest BCUT2D eigenvalue weighted by Gasteiger charge is 2.12. The first-order valence-corrected chi connectivity index (χ1v) is 7.83. The van der Waals surface area contributed by atoms with Crippen molar-refractivity contribution in [2.75, 3.05) is 19.1 Å². The average Bonchev–Trinajstić information content (AvgIpc) is 3.13. The van der Waals surface area contributed by atoms with Gasteiger partial charge in [0.05, 0.1) is 12.2 Å². The Bertz CT molecular complexity index is 783. The summed E-state index contributed by atoms with van der Waals surface area (Å²) in [6.45, 7) is 4.57. The number of hydrogen-bond donors (Lipinski definition) is 0. The van der Waals surface area contributed by atoms with E-state index < -0.39 is 0 Å². The molecule has 1 atom stereocenters. The van der Waals surface area contributed by atoms with E-state index in [0.717, 1.165) is 28.0 Å². The predicted octanol–water partition coefficient (Wildman–Crippen LogP) is 2.23. The standard InChI is InChI=1S/C14H18N6OS/c1-9(21-4)14-15-11(8-22-14)7-19(3)13-6-5-12-17-16-10(2)20(12)18-13/h5-6,8-9H,7H2,1-4H3. The summed E-state index contributed by atoms with van der Waals surface area (Å²) in [6.07, 6.45) is 0.0261. The number of ether oxygens (including phenoxy) is 1. The van der Waals surface area contributed by atoms with Crippen LogP contribution in [0.2, 0.25) is 0 Å². The highest BCUT2D eigenvalue weighted by molar-refractivity contribution is 7.09. The Kier molecular flexibility index (Phi) is 4.04. The van der Waals surface area contributed by atoms with Crippen LogP contribution >= 0.6 is 11.3 Å². The number of aryl methyl sites for hydroxylation is 1. The van der Waals surface area contributed by atoms with E-state index in [9.17, 15) is 0 Å². The summed E-state index contributed by atoms with van der Waals surface area (Å²) in [7, 11) is 3.69. The van der Waals surface area contributed by atoms with Gasteiger partial charge in [0.2, 0.25) is 0 Å². The van der Waals surface area contributed by atoms with Crippen LogP contribution in [0.1, 0.15) is 29.6 Å². The van der Waals surface area contributed by atoms with Gasteiger partial charge in [0.1, 0.15) is 16.9 Å². The summed E-state index contributed by atoms with van der Waals surface area (Å²) in [5.74, 6) is 1.62. The smallest absolute Gasteiger partial charge is 0.178 e. The number of thiazole rings is 1. The van der Waals surface area contributed by atoms with Gasteiger partial charge in [-0.2, -0.15) is 4.52 Å². The lowest BCUT2D eigenvalue weighted by molar-refractivity contribution is 0.119. The van der Waals surface area contributed by atoms with E-state index >= 15 is 0 Å². The average molecular weight is 318 g/mol. The van der Waals surface area contributed by atoms with Gasteiger partial charge in [-0.3, -0.25) is 0 Å². The second kappa shape index (κ2) is 5.98. The van der Waals surface area contributed by atoms with Gasteiger partial charge < -0.3 is 9.64 Å². The summed E-state index contributed by atoms with van der Waals surface area (Å²) in [6, 6.07) is 3.85. The summed E-state index contributed by atoms with van der Waals surface area (Å²) in [5, 5.41) is 15.7. The Hall–Kier alpha value is -2.06. The number of anilines is 1. The SMILES string of the molecule is COC(C)c1nc(CN(C)c2ccc3nnc(C)n3n2)cs1. The van der Waals surface area contributed by atoms with E-state index in [2.05, 4.69) is 30.6 Å². The van der Waals surface area contributed by atoms with Crippen LogP contribution in [-0.2, 0) is 11.3 Å². The van der Waals surface area contributed by atoms with Crippen molar-refractivity contribution >= 4 is 22.8 Å². The minimum atomic E-state index is 0.0261. The first-order chi connectivity index (χ1) is 10.6. The lowest BCUT2D eigenvalue weighted by atomic mass is 10.4. The third-order valence-electron chi connectivity index (χ3n) is 3.47. The van der Waals surface area contributed by atoms with Crippen LogP contribution < -0.4 is 4.90 Å². The van der Waals surface area contributed by atoms with E-state index in [1.54, 1.807) is 23.0 Å². The van der Waals surface area contributed by atoms with Gasteiger partial charge in [0.15, 0.2) is 11.5 Å². The third kappa shape index (κ3) is 2.79. The molecule has 0 radical (unpaired) electrons. The molecule has 0 N–H and O–H groups in total. The van der Waals surface area contributed by atoms with Crippen molar-refractivity contribution in [3.63, 3.8) is 0 Å². The molecule has 0 aliphatic heterocycles. The van der Waals surface area contributed by atoms with Crippen molar-refractivity contribution in [2.24, 2.45) is 0 Å². The largest absolute Gasteiger partial charge is 0.375 e. The molecule has 0 fully saturated rings. The maximum absolute atomic E-state index is 5.30. The highest BCUT2D eigenvalue weighted by Crippen LogP contribution is 2.22. The second-order valence-electron chi connectivity index (χ2n) is 5.12. The first-order valence-electron chi connectivity index (χ1n) is 6.96. The normalized spacial score (nSPS) is 12.7. The van der Waals surface area contributed by atoms with Crippen LogP contribution in [-0.4, -0.2) is 39.0 Å². The molecule has 8 heteroatoms. The van der Waals surface area contributed by atoms with Crippen LogP contribution in [0.4, 0.5) is 5.82 Å². The maximum atomic E-state index is 5.30. The van der Waals surface area contributed by atoms with Gasteiger partial charge in [-0.1, -0.05) is 0 Å². The third-order valence-corrected chi connectivity index (χ3v) is 4.52. The molecule has 7 nitrogen and oxygen atoms in total. The lowest BCUT2D eigenvalue weighted by Crippen LogP contribution is -2.19. The van der Waals surface area contributed by atoms with Crippen molar-refractivity contribution in [1.82, 2.24) is 24.8 Å². The maximum Gasteiger partial charge on any atom is 0.178 e. The second-order valence-corrected chi connectivity index (χ2v) is 6.01. The van der Waals surface area contributed by atoms with Crippen LogP contribution in [0.15, 0.2) is 17.5 Å². The molecule has 116 valence electrons. The highest BCUT2D eigenvalue weighted by atomic mass is 32.1. The molecule has 3 aromatic heterocycles. The lowest BCUT2D eigenvalue weighted by Gasteiger charge is -2.16. The van der Waals surface area contributed by atoms with Crippen LogP contribution in [0.25, 0.3) is 5.65 Å². The minimum Gasteiger partial charge on any atom is -0.375 e. The zero-order valence-electron chi connectivity index (χ0n) is 13.0. The van der Waals surface area contributed by atoms with E-state index in [4.69, 9.17) is 4.74 Å². The molecular weight excluding hydrogens is 300 g/mol. The molecule has 0 aliphatic rings. The summed E-state index contributed by atoms with van der Waals surface area (Å²) in [4.78, 5) is 6.66. The van der Waals surface area contributed by atoms with Gasteiger partial charge in [-0.15, -0.1) is 26.6 Å². The van der Waals surface area contributed by atoms with Crippen molar-refractivity contribution in [3.05, 3.63) is 34.0 Å². The Morgan fingerprint density at radius 1 is 1.36 bits per heavy atom. The fraction of sp³-hybridized carbons (Fsp3) is 0.429. The minimum absolute atomic E-state index is 0.0261. The molecule has 22 heavy (non-hydrogen) atoms. The molecule has 0 aliphatic carbocycles. The topological polar surface area (TPSA) is 68.4 Å². The number of rotatable bonds is 5. The predicted molar refractivity (Wildman–Crippen MR) is 85.2 cm³/mol. The van der Waals surface area contributed by atoms with Crippen LogP contribution in [0, 0.1) is 6.92 Å². The number of aromatic nitrogens is 5. The van der Waals surface area contributed by atoms with Crippen LogP contribution in [0.5, 0.6) is 0 Å². The van der Waals surface area contributed by atoms with Gasteiger partial charge >= 0.3 is 0 Å². The van der Waals surface area contributed by atoms with Gasteiger partial charge in [0.25, 0.3) is 0 Å². The van der Waals surface area contributed by atoms with Crippen molar-refractivity contribution in [1.29, 1.82) is 0 Å². The zero-order valence-corrected chi connectivity index (χ0v) is 13.8. The number of fused-ring (bicyclic) bond motifs is 1. The molecule has 0 saturated carbocycles. The van der Waals surface area contributed by atoms with Crippen molar-refractivity contribution in [2.45, 2.75) is 26.5 Å². The summed E-state index contributed by atoms with van der Waals surface area (Å²) >= 11 is 1.62.